The molecule has 2 aromatic carbocycles. The number of benzene rings is 2. The number of sulfonamides is 1. The Bertz CT molecular complexity index is 1240. The van der Waals surface area contributed by atoms with Crippen molar-refractivity contribution in [3.63, 3.8) is 0 Å². The maximum atomic E-state index is 12.6. The van der Waals surface area contributed by atoms with Gasteiger partial charge in [0.05, 0.1) is 17.5 Å². The molecule has 0 aliphatic heterocycles. The molecular weight excluding hydrogens is 514 g/mol. The van der Waals surface area contributed by atoms with E-state index in [2.05, 4.69) is 20.7 Å². The van der Waals surface area contributed by atoms with Crippen molar-refractivity contribution in [2.75, 3.05) is 6.61 Å². The van der Waals surface area contributed by atoms with E-state index >= 15 is 0 Å². The maximum Gasteiger partial charge on any atom is 0.245 e. The van der Waals surface area contributed by atoms with Crippen molar-refractivity contribution in [2.45, 2.75) is 56.3 Å². The fraction of sp³-hybridized carbons (Fsp3) is 0.360. The first kappa shape index (κ1) is 30.4. The molecule has 0 spiro atoms. The number of aryl methyl sites for hydroxylation is 1. The summed E-state index contributed by atoms with van der Waals surface area (Å²) in [7, 11) is -3.99. The number of carbonyl (C=O) groups is 4. The summed E-state index contributed by atoms with van der Waals surface area (Å²) in [6, 6.07) is 9.92. The summed E-state index contributed by atoms with van der Waals surface area (Å²) in [6.07, 6.45) is 0.108. The van der Waals surface area contributed by atoms with Gasteiger partial charge in [0.1, 0.15) is 18.1 Å². The van der Waals surface area contributed by atoms with Gasteiger partial charge in [0.2, 0.25) is 33.7 Å². The summed E-state index contributed by atoms with van der Waals surface area (Å²) in [5.41, 5.74) is 7.00. The van der Waals surface area contributed by atoms with Gasteiger partial charge in [-0.15, -0.1) is 0 Å². The lowest BCUT2D eigenvalue weighted by molar-refractivity contribution is -0.134. The van der Waals surface area contributed by atoms with Gasteiger partial charge in [-0.1, -0.05) is 48.0 Å². The highest BCUT2D eigenvalue weighted by Crippen LogP contribution is 2.10. The Morgan fingerprint density at radius 2 is 1.37 bits per heavy atom. The van der Waals surface area contributed by atoms with Crippen molar-refractivity contribution in [1.82, 2.24) is 20.7 Å². The number of hydrogen-bond acceptors (Lipinski definition) is 7. The summed E-state index contributed by atoms with van der Waals surface area (Å²) in [4.78, 5) is 49.5. The zero-order valence-corrected chi connectivity index (χ0v) is 22.1. The summed E-state index contributed by atoms with van der Waals surface area (Å²) < 4.78 is 27.3. The third-order valence-corrected chi connectivity index (χ3v) is 7.12. The van der Waals surface area contributed by atoms with Crippen LogP contribution < -0.4 is 26.4 Å². The number of primary amides is 1. The number of nitrogens with one attached hydrogen (secondary N) is 4. The Kier molecular flexibility index (Phi) is 10.9. The highest BCUT2D eigenvalue weighted by molar-refractivity contribution is 7.89. The highest BCUT2D eigenvalue weighted by atomic mass is 32.2. The quantitative estimate of drug-likeness (QED) is 0.182. The van der Waals surface area contributed by atoms with Crippen LogP contribution >= 0.6 is 0 Å². The molecule has 0 aliphatic rings. The van der Waals surface area contributed by atoms with Crippen molar-refractivity contribution >= 4 is 33.7 Å². The molecule has 0 fully saturated rings. The molecule has 2 rings (SSSR count). The lowest BCUT2D eigenvalue weighted by Gasteiger charge is -2.23. The molecule has 4 atom stereocenters. The fourth-order valence-corrected chi connectivity index (χ4v) is 4.51. The molecule has 206 valence electrons. The molecule has 0 aliphatic carbocycles. The first-order valence-corrected chi connectivity index (χ1v) is 13.3. The van der Waals surface area contributed by atoms with E-state index in [-0.39, 0.29) is 11.3 Å². The number of aliphatic hydroxyl groups excluding tert-OH is 1. The van der Waals surface area contributed by atoms with E-state index in [0.29, 0.717) is 0 Å². The molecule has 38 heavy (non-hydrogen) atoms. The van der Waals surface area contributed by atoms with E-state index in [4.69, 9.17) is 5.73 Å². The van der Waals surface area contributed by atoms with Crippen LogP contribution in [0.4, 0.5) is 0 Å². The topological polar surface area (TPSA) is 197 Å². The molecule has 0 saturated carbocycles. The van der Waals surface area contributed by atoms with Crippen LogP contribution in [0.15, 0.2) is 59.5 Å². The average Bonchev–Trinajstić information content (AvgIpc) is 2.87. The number of amides is 4. The minimum atomic E-state index is -3.99. The molecule has 0 radical (unpaired) electrons. The van der Waals surface area contributed by atoms with Crippen molar-refractivity contribution < 1.29 is 32.7 Å². The summed E-state index contributed by atoms with van der Waals surface area (Å²) in [5.74, 6) is -3.25. The van der Waals surface area contributed by atoms with E-state index in [0.717, 1.165) is 11.1 Å². The zero-order chi connectivity index (χ0) is 28.5. The first-order chi connectivity index (χ1) is 17.8. The molecule has 7 N–H and O–H groups in total. The van der Waals surface area contributed by atoms with Crippen molar-refractivity contribution in [2.24, 2.45) is 5.73 Å². The van der Waals surface area contributed by atoms with Crippen LogP contribution in [0, 0.1) is 6.92 Å². The SMILES string of the molecule is Cc1ccc(S(=O)(=O)N[C@@H](C)C(=O)N[C@@H](C)C(=O)N[C@@H](CO)C(=O)N[C@@H](Cc2ccccc2)C(N)=O)cc1. The van der Waals surface area contributed by atoms with Crippen LogP contribution in [0.1, 0.15) is 25.0 Å². The van der Waals surface area contributed by atoms with Crippen molar-refractivity contribution in [3.05, 3.63) is 65.7 Å². The minimum absolute atomic E-state index is 0.0214. The van der Waals surface area contributed by atoms with Gasteiger partial charge in [0.15, 0.2) is 0 Å². The molecule has 0 unspecified atom stereocenters. The molecule has 4 amide bonds. The van der Waals surface area contributed by atoms with Gasteiger partial charge in [0, 0.05) is 6.42 Å². The summed E-state index contributed by atoms with van der Waals surface area (Å²) in [6.45, 7) is 3.65. The molecule has 12 nitrogen and oxygen atoms in total. The van der Waals surface area contributed by atoms with Gasteiger partial charge >= 0.3 is 0 Å². The maximum absolute atomic E-state index is 12.6. The van der Waals surface area contributed by atoms with E-state index in [1.165, 1.54) is 26.0 Å². The van der Waals surface area contributed by atoms with Gasteiger partial charge < -0.3 is 26.8 Å². The van der Waals surface area contributed by atoms with Crippen LogP contribution in [0.3, 0.4) is 0 Å². The van der Waals surface area contributed by atoms with E-state index in [1.807, 2.05) is 0 Å². The third-order valence-electron chi connectivity index (χ3n) is 5.57. The number of aliphatic hydroxyl groups is 1. The lowest BCUT2D eigenvalue weighted by atomic mass is 10.1. The Balaban J connectivity index is 1.94. The van der Waals surface area contributed by atoms with Crippen LogP contribution in [0.25, 0.3) is 0 Å². The summed E-state index contributed by atoms with van der Waals surface area (Å²) >= 11 is 0. The highest BCUT2D eigenvalue weighted by Gasteiger charge is 2.29. The normalized spacial score (nSPS) is 14.4. The Morgan fingerprint density at radius 1 is 0.816 bits per heavy atom. The van der Waals surface area contributed by atoms with Crippen molar-refractivity contribution in [1.29, 1.82) is 0 Å². The Labute approximate surface area is 221 Å². The van der Waals surface area contributed by atoms with Gasteiger partial charge in [-0.3, -0.25) is 19.2 Å². The third kappa shape index (κ3) is 8.94. The van der Waals surface area contributed by atoms with E-state index in [1.54, 1.807) is 49.4 Å². The molecule has 0 bridgehead atoms. The van der Waals surface area contributed by atoms with E-state index in [9.17, 15) is 32.7 Å². The van der Waals surface area contributed by atoms with Crippen LogP contribution in [-0.4, -0.2) is 67.9 Å². The molecule has 0 aromatic heterocycles. The van der Waals surface area contributed by atoms with Gasteiger partial charge in [-0.2, -0.15) is 4.72 Å². The van der Waals surface area contributed by atoms with E-state index < -0.39 is 64.4 Å². The molecule has 0 heterocycles. The summed E-state index contributed by atoms with van der Waals surface area (Å²) in [5, 5.41) is 16.7. The molecular formula is C25H33N5O7S. The Hall–Kier alpha value is -3.81. The molecule has 2 aromatic rings. The van der Waals surface area contributed by atoms with Gasteiger partial charge in [-0.25, -0.2) is 8.42 Å². The largest absolute Gasteiger partial charge is 0.394 e. The first-order valence-electron chi connectivity index (χ1n) is 11.8. The molecule has 13 heteroatoms. The second-order valence-electron chi connectivity index (χ2n) is 8.78. The fourth-order valence-electron chi connectivity index (χ4n) is 3.31. The number of hydrogen-bond donors (Lipinski definition) is 6. The number of carbonyl (C=O) groups excluding carboxylic acids is 4. The second kappa shape index (κ2) is 13.7. The monoisotopic (exact) mass is 547 g/mol. The number of rotatable bonds is 13. The lowest BCUT2D eigenvalue weighted by Crippen LogP contribution is -2.58. The standard InChI is InChI=1S/C25H33N5O7S/c1-15-9-11-19(12-10-15)38(36,37)30-17(3)24(34)27-16(2)23(33)29-21(14-31)25(35)28-20(22(26)32)13-18-7-5-4-6-8-18/h4-12,16-17,20-21,30-31H,13-14H2,1-3H3,(H2,26,32)(H,27,34)(H,28,35)(H,29,33)/t16-,17-,20-,21-/m0/s1. The van der Waals surface area contributed by atoms with Crippen LogP contribution in [0.2, 0.25) is 0 Å². The van der Waals surface area contributed by atoms with Gasteiger partial charge in [-0.05, 0) is 38.5 Å². The average molecular weight is 548 g/mol. The van der Waals surface area contributed by atoms with Crippen molar-refractivity contribution in [3.8, 4) is 0 Å². The molecule has 0 saturated heterocycles. The Morgan fingerprint density at radius 3 is 1.92 bits per heavy atom. The second-order valence-corrected chi connectivity index (χ2v) is 10.5. The zero-order valence-electron chi connectivity index (χ0n) is 21.3. The van der Waals surface area contributed by atoms with Gasteiger partial charge in [0.25, 0.3) is 0 Å². The van der Waals surface area contributed by atoms with Crippen LogP contribution in [-0.2, 0) is 35.6 Å². The van der Waals surface area contributed by atoms with Crippen LogP contribution in [0.5, 0.6) is 0 Å². The minimum Gasteiger partial charge on any atom is -0.394 e. The smallest absolute Gasteiger partial charge is 0.245 e. The predicted molar refractivity (Wildman–Crippen MR) is 139 cm³/mol. The number of nitrogens with two attached hydrogens (primary N) is 1. The predicted octanol–water partition coefficient (Wildman–Crippen LogP) is -1.14.